The highest BCUT2D eigenvalue weighted by atomic mass is 16.6. The van der Waals surface area contributed by atoms with Crippen LogP contribution in [0.25, 0.3) is 0 Å². The lowest BCUT2D eigenvalue weighted by atomic mass is 10.0. The number of carbonyl (C=O) groups is 5. The summed E-state index contributed by atoms with van der Waals surface area (Å²) in [5, 5.41) is 13.6. The Hall–Kier alpha value is -7.00. The van der Waals surface area contributed by atoms with Gasteiger partial charge in [0.1, 0.15) is 42.1 Å². The molecular weight excluding hydrogens is 815 g/mol. The quantitative estimate of drug-likeness (QED) is 0.0636. The van der Waals surface area contributed by atoms with Crippen LogP contribution in [0.4, 0.5) is 4.79 Å². The largest absolute Gasteiger partial charge is 0.489 e. The predicted octanol–water partition coefficient (Wildman–Crippen LogP) is 5.02. The number of nitrogens with one attached hydrogen (secondary N) is 5. The number of carbonyl (C=O) groups excluding carboxylic acids is 5. The second kappa shape index (κ2) is 24.0. The molecule has 0 unspecified atom stereocenters. The van der Waals surface area contributed by atoms with Crippen LogP contribution in [0.1, 0.15) is 62.6 Å². The van der Waals surface area contributed by atoms with E-state index in [1.165, 1.54) is 6.92 Å². The van der Waals surface area contributed by atoms with E-state index in [9.17, 15) is 24.0 Å². The Morgan fingerprint density at radius 2 is 1.17 bits per heavy atom. The van der Waals surface area contributed by atoms with Gasteiger partial charge in [0.05, 0.1) is 25.2 Å². The van der Waals surface area contributed by atoms with Gasteiger partial charge in [-0.05, 0) is 69.0 Å². The Morgan fingerprint density at radius 3 is 1.77 bits per heavy atom. The van der Waals surface area contributed by atoms with E-state index < -0.39 is 59.5 Å². The highest BCUT2D eigenvalue weighted by Gasteiger charge is 2.32. The highest BCUT2D eigenvalue weighted by Crippen LogP contribution is 2.17. The van der Waals surface area contributed by atoms with Crippen molar-refractivity contribution in [1.82, 2.24) is 36.1 Å². The molecule has 0 spiro atoms. The summed E-state index contributed by atoms with van der Waals surface area (Å²) in [5.41, 5.74) is 3.19. The van der Waals surface area contributed by atoms with Gasteiger partial charge in [-0.25, -0.2) is 9.78 Å². The van der Waals surface area contributed by atoms with Gasteiger partial charge in [-0.1, -0.05) is 103 Å². The molecule has 0 bridgehead atoms. The van der Waals surface area contributed by atoms with Gasteiger partial charge in [0.25, 0.3) is 0 Å². The molecule has 64 heavy (non-hydrogen) atoms. The van der Waals surface area contributed by atoms with Crippen molar-refractivity contribution in [3.8, 4) is 5.75 Å². The zero-order chi connectivity index (χ0) is 45.9. The first-order chi connectivity index (χ1) is 30.7. The summed E-state index contributed by atoms with van der Waals surface area (Å²) < 4.78 is 19.3. The van der Waals surface area contributed by atoms with Crippen LogP contribution in [-0.4, -0.2) is 82.2 Å². The third kappa shape index (κ3) is 16.4. The molecule has 0 saturated carbocycles. The highest BCUT2D eigenvalue weighted by molar-refractivity contribution is 5.95. The molecule has 5 rings (SSSR count). The molecule has 5 aromatic rings. The van der Waals surface area contributed by atoms with E-state index in [-0.39, 0.29) is 26.1 Å². The van der Waals surface area contributed by atoms with E-state index in [1.54, 1.807) is 64.5 Å². The number of amides is 5. The van der Waals surface area contributed by atoms with Crippen LogP contribution in [0.15, 0.2) is 128 Å². The number of hydrogen-bond donors (Lipinski definition) is 5. The first-order valence-corrected chi connectivity index (χ1v) is 21.3. The zero-order valence-corrected chi connectivity index (χ0v) is 37.0. The number of alkyl carbamates (subject to hydrolysis) is 1. The number of ether oxygens (including phenoxy) is 3. The van der Waals surface area contributed by atoms with E-state index in [0.29, 0.717) is 36.7 Å². The Bertz CT molecular complexity index is 2250. The first kappa shape index (κ1) is 48.0. The summed E-state index contributed by atoms with van der Waals surface area (Å²) >= 11 is 0. The summed E-state index contributed by atoms with van der Waals surface area (Å²) in [6.07, 6.45) is 2.54. The van der Waals surface area contributed by atoms with Crippen LogP contribution < -0.4 is 31.3 Å². The predicted molar refractivity (Wildman–Crippen MR) is 242 cm³/mol. The Morgan fingerprint density at radius 1 is 0.625 bits per heavy atom. The molecule has 0 aliphatic heterocycles. The molecule has 5 amide bonds. The molecule has 0 aliphatic rings. The second-order valence-corrected chi connectivity index (χ2v) is 16.3. The van der Waals surface area contributed by atoms with Gasteiger partial charge in [0.2, 0.25) is 23.6 Å². The van der Waals surface area contributed by atoms with Crippen molar-refractivity contribution < 1.29 is 38.2 Å². The van der Waals surface area contributed by atoms with Crippen molar-refractivity contribution in [2.24, 2.45) is 0 Å². The molecular formula is C49H59N7O8. The molecule has 0 fully saturated rings. The summed E-state index contributed by atoms with van der Waals surface area (Å²) in [6, 6.07) is 31.2. The maximum absolute atomic E-state index is 14.5. The summed E-state index contributed by atoms with van der Waals surface area (Å²) in [6.45, 7) is 9.56. The monoisotopic (exact) mass is 873 g/mol. The smallest absolute Gasteiger partial charge is 0.408 e. The molecule has 1 aromatic heterocycles. The van der Waals surface area contributed by atoms with Gasteiger partial charge in [0, 0.05) is 32.1 Å². The van der Waals surface area contributed by atoms with E-state index in [0.717, 1.165) is 16.7 Å². The average molecular weight is 874 g/mol. The fourth-order valence-electron chi connectivity index (χ4n) is 6.47. The molecule has 1 heterocycles. The van der Waals surface area contributed by atoms with Gasteiger partial charge in [-0.2, -0.15) is 0 Å². The third-order valence-electron chi connectivity index (χ3n) is 9.69. The molecule has 0 radical (unpaired) electrons. The Kier molecular flexibility index (Phi) is 18.0. The Labute approximate surface area is 374 Å². The van der Waals surface area contributed by atoms with Crippen LogP contribution in [0.2, 0.25) is 0 Å². The summed E-state index contributed by atoms with van der Waals surface area (Å²) in [7, 11) is 0. The normalized spacial score (nSPS) is 13.0. The maximum Gasteiger partial charge on any atom is 0.408 e. The number of hydrogen-bond acceptors (Lipinski definition) is 9. The summed E-state index contributed by atoms with van der Waals surface area (Å²) in [5.74, 6) is -1.88. The van der Waals surface area contributed by atoms with Crippen molar-refractivity contribution >= 4 is 29.7 Å². The molecule has 0 saturated heterocycles. The van der Waals surface area contributed by atoms with Crippen LogP contribution in [-0.2, 0) is 61.3 Å². The van der Waals surface area contributed by atoms with Crippen LogP contribution in [0.5, 0.6) is 5.75 Å². The van der Waals surface area contributed by atoms with Gasteiger partial charge in [0.15, 0.2) is 0 Å². The first-order valence-electron chi connectivity index (χ1n) is 21.3. The van der Waals surface area contributed by atoms with E-state index in [1.807, 2.05) is 95.6 Å². The van der Waals surface area contributed by atoms with Crippen LogP contribution in [0.3, 0.4) is 0 Å². The molecule has 4 atom stereocenters. The van der Waals surface area contributed by atoms with Gasteiger partial charge in [-0.3, -0.25) is 19.2 Å². The number of nitrogens with zero attached hydrogens (tertiary/aromatic N) is 2. The lowest BCUT2D eigenvalue weighted by Crippen LogP contribution is -2.59. The van der Waals surface area contributed by atoms with Crippen LogP contribution in [0, 0.1) is 0 Å². The van der Waals surface area contributed by atoms with Crippen molar-refractivity contribution in [3.05, 3.63) is 156 Å². The minimum absolute atomic E-state index is 0.0179. The topological polar surface area (TPSA) is 191 Å². The van der Waals surface area contributed by atoms with Gasteiger partial charge >= 0.3 is 6.09 Å². The minimum atomic E-state index is -1.27. The number of rotatable bonds is 22. The number of benzene rings is 4. The standard InChI is InChI=1S/C49H59N7O8/c1-6-50-44(57)34(2)52-47(60)43(32-62-30-37-18-12-8-13-19-37)54-45(58)41(26-35-22-24-40(25-23-35)63-31-38-20-14-9-15-21-38)53-46(59)42(55-48(61)64-49(3,4)5)27-39-29-56(33-51-39)28-36-16-10-7-11-17-36/h7-25,29,33-34,41-43H,6,26-28,30-32H2,1-5H3,(H,50,57)(H,52,60)(H,53,59)(H,54,58)(H,55,61)/t34-,41+,42+,43+/m1/s1. The maximum atomic E-state index is 14.5. The minimum Gasteiger partial charge on any atom is -0.489 e. The zero-order valence-electron chi connectivity index (χ0n) is 37.0. The number of imidazole rings is 1. The van der Waals surface area contributed by atoms with E-state index >= 15 is 0 Å². The van der Waals surface area contributed by atoms with Crippen molar-refractivity contribution in [3.63, 3.8) is 0 Å². The SMILES string of the molecule is CCNC(=O)[C@@H](C)NC(=O)[C@H](COCc1ccccc1)NC(=O)[C@H](Cc1ccc(OCc2ccccc2)cc1)NC(=O)[C@H](Cc1cn(Cc2ccccc2)cn1)NC(=O)OC(C)(C)C. The molecule has 0 aliphatic carbocycles. The van der Waals surface area contributed by atoms with Gasteiger partial charge < -0.3 is 45.4 Å². The van der Waals surface area contributed by atoms with Gasteiger partial charge in [-0.15, -0.1) is 0 Å². The Balaban J connectivity index is 1.40. The number of likely N-dealkylation sites (N-methyl/N-ethyl adjacent to an activating group) is 1. The molecule has 4 aromatic carbocycles. The van der Waals surface area contributed by atoms with E-state index in [2.05, 4.69) is 31.6 Å². The van der Waals surface area contributed by atoms with E-state index in [4.69, 9.17) is 14.2 Å². The van der Waals surface area contributed by atoms with Crippen molar-refractivity contribution in [1.29, 1.82) is 0 Å². The summed E-state index contributed by atoms with van der Waals surface area (Å²) in [4.78, 5) is 72.9. The average Bonchev–Trinajstić information content (AvgIpc) is 3.71. The molecule has 338 valence electrons. The molecule has 15 heteroatoms. The fraction of sp³-hybridized carbons (Fsp3) is 0.347. The third-order valence-corrected chi connectivity index (χ3v) is 9.69. The van der Waals surface area contributed by atoms with Crippen LogP contribution >= 0.6 is 0 Å². The van der Waals surface area contributed by atoms with Crippen molar-refractivity contribution in [2.45, 2.75) is 97.0 Å². The van der Waals surface area contributed by atoms with Crippen molar-refractivity contribution in [2.75, 3.05) is 13.2 Å². The lowest BCUT2D eigenvalue weighted by Gasteiger charge is -2.27. The fourth-order valence-corrected chi connectivity index (χ4v) is 6.47. The lowest BCUT2D eigenvalue weighted by molar-refractivity contribution is -0.135. The molecule has 15 nitrogen and oxygen atoms in total. The second-order valence-electron chi connectivity index (χ2n) is 16.3. The number of aromatic nitrogens is 2. The molecule has 5 N–H and O–H groups in total.